The predicted molar refractivity (Wildman–Crippen MR) is 130 cm³/mol. The second kappa shape index (κ2) is 9.01. The van der Waals surface area contributed by atoms with E-state index in [1.54, 1.807) is 19.4 Å². The van der Waals surface area contributed by atoms with Crippen LogP contribution in [0, 0.1) is 13.8 Å². The average Bonchev–Trinajstić information content (AvgIpc) is 3.28. The van der Waals surface area contributed by atoms with Crippen molar-refractivity contribution in [1.29, 1.82) is 0 Å². The molecule has 1 aromatic carbocycles. The van der Waals surface area contributed by atoms with E-state index in [0.717, 1.165) is 22.6 Å². The maximum absolute atomic E-state index is 13.1. The van der Waals surface area contributed by atoms with Gasteiger partial charge in [-0.3, -0.25) is 4.79 Å². The van der Waals surface area contributed by atoms with Crippen LogP contribution in [-0.2, 0) is 0 Å². The van der Waals surface area contributed by atoms with E-state index in [2.05, 4.69) is 25.2 Å². The Kier molecular flexibility index (Phi) is 5.75. The highest BCUT2D eigenvalue weighted by atomic mass is 16.5. The SMILES string of the molecule is COc1cccc2cc(C(=O)N3CCN(c4cc(Nc5cc(C)ccn5)nc(C)n4)CC3)oc12. The maximum atomic E-state index is 13.1. The number of carbonyl (C=O) groups excluding carboxylic acids is 1. The van der Waals surface area contributed by atoms with E-state index in [0.29, 0.717) is 54.9 Å². The van der Waals surface area contributed by atoms with Gasteiger partial charge in [-0.25, -0.2) is 15.0 Å². The summed E-state index contributed by atoms with van der Waals surface area (Å²) in [7, 11) is 1.59. The lowest BCUT2D eigenvalue weighted by atomic mass is 10.2. The van der Waals surface area contributed by atoms with Crippen LogP contribution in [0.2, 0.25) is 0 Å². The van der Waals surface area contributed by atoms with Gasteiger partial charge in [0.05, 0.1) is 7.11 Å². The molecule has 9 nitrogen and oxygen atoms in total. The molecule has 1 saturated heterocycles. The molecule has 4 heterocycles. The Morgan fingerprint density at radius 1 is 1.03 bits per heavy atom. The van der Waals surface area contributed by atoms with Gasteiger partial charge in [0.15, 0.2) is 17.1 Å². The van der Waals surface area contributed by atoms with E-state index in [4.69, 9.17) is 9.15 Å². The van der Waals surface area contributed by atoms with Crippen LogP contribution in [0.3, 0.4) is 0 Å². The number of hydrogen-bond acceptors (Lipinski definition) is 8. The summed E-state index contributed by atoms with van der Waals surface area (Å²) in [6.07, 6.45) is 1.76. The second-order valence-corrected chi connectivity index (χ2v) is 8.27. The number of fused-ring (bicyclic) bond motifs is 1. The van der Waals surface area contributed by atoms with Crippen molar-refractivity contribution in [3.05, 3.63) is 65.8 Å². The number of hydrogen-bond donors (Lipinski definition) is 1. The van der Waals surface area contributed by atoms with Gasteiger partial charge in [0, 0.05) is 43.8 Å². The first-order valence-corrected chi connectivity index (χ1v) is 11.2. The van der Waals surface area contributed by atoms with Crippen LogP contribution in [0.5, 0.6) is 5.75 Å². The minimum absolute atomic E-state index is 0.121. The third-order valence-electron chi connectivity index (χ3n) is 5.83. The predicted octanol–water partition coefficient (Wildman–Crippen LogP) is 3.95. The highest BCUT2D eigenvalue weighted by Crippen LogP contribution is 2.29. The number of benzene rings is 1. The summed E-state index contributed by atoms with van der Waals surface area (Å²) < 4.78 is 11.2. The van der Waals surface area contributed by atoms with Gasteiger partial charge < -0.3 is 24.3 Å². The van der Waals surface area contributed by atoms with Crippen LogP contribution in [0.1, 0.15) is 21.9 Å². The number of nitrogens with one attached hydrogen (secondary N) is 1. The Morgan fingerprint density at radius 2 is 1.85 bits per heavy atom. The van der Waals surface area contributed by atoms with Crippen molar-refractivity contribution in [1.82, 2.24) is 19.9 Å². The third-order valence-corrected chi connectivity index (χ3v) is 5.83. The van der Waals surface area contributed by atoms with E-state index in [-0.39, 0.29) is 5.91 Å². The number of methoxy groups -OCH3 is 1. The van der Waals surface area contributed by atoms with E-state index in [1.807, 2.05) is 55.1 Å². The van der Waals surface area contributed by atoms with Gasteiger partial charge in [-0.05, 0) is 43.7 Å². The summed E-state index contributed by atoms with van der Waals surface area (Å²) in [5.41, 5.74) is 1.71. The topological polar surface area (TPSA) is 96.6 Å². The summed E-state index contributed by atoms with van der Waals surface area (Å²) in [6.45, 7) is 6.35. The van der Waals surface area contributed by atoms with Gasteiger partial charge in [0.25, 0.3) is 5.91 Å². The molecule has 1 aliphatic rings. The molecule has 1 amide bonds. The van der Waals surface area contributed by atoms with E-state index in [9.17, 15) is 4.79 Å². The molecule has 34 heavy (non-hydrogen) atoms. The van der Waals surface area contributed by atoms with Gasteiger partial charge in [0.1, 0.15) is 23.3 Å². The van der Waals surface area contributed by atoms with Crippen LogP contribution in [-0.4, -0.2) is 59.0 Å². The monoisotopic (exact) mass is 458 g/mol. The Morgan fingerprint density at radius 3 is 2.62 bits per heavy atom. The number of para-hydroxylation sites is 1. The molecule has 4 aromatic rings. The molecule has 5 rings (SSSR count). The lowest BCUT2D eigenvalue weighted by molar-refractivity contribution is 0.0716. The van der Waals surface area contributed by atoms with Crippen molar-refractivity contribution in [2.24, 2.45) is 0 Å². The highest BCUT2D eigenvalue weighted by molar-refractivity contribution is 5.97. The van der Waals surface area contributed by atoms with Gasteiger partial charge in [-0.2, -0.15) is 0 Å². The lowest BCUT2D eigenvalue weighted by Gasteiger charge is -2.35. The van der Waals surface area contributed by atoms with Crippen molar-refractivity contribution in [2.75, 3.05) is 43.5 Å². The number of nitrogens with zero attached hydrogens (tertiary/aromatic N) is 5. The Balaban J connectivity index is 1.28. The standard InChI is InChI=1S/C25H26N6O3/c1-16-7-8-26-21(13-16)29-22-15-23(28-17(2)27-22)30-9-11-31(12-10-30)25(32)20-14-18-5-4-6-19(33-3)24(18)34-20/h4-8,13-15H,9-12H2,1-3H3,(H,26,27,28,29). The average molecular weight is 459 g/mol. The molecule has 0 unspecified atom stereocenters. The number of amides is 1. The van der Waals surface area contributed by atoms with Crippen molar-refractivity contribution in [3.63, 3.8) is 0 Å². The second-order valence-electron chi connectivity index (χ2n) is 8.27. The van der Waals surface area contributed by atoms with Crippen LogP contribution in [0.15, 0.2) is 53.1 Å². The minimum atomic E-state index is -0.121. The zero-order valence-electron chi connectivity index (χ0n) is 19.4. The van der Waals surface area contributed by atoms with E-state index < -0.39 is 0 Å². The van der Waals surface area contributed by atoms with Crippen molar-refractivity contribution in [2.45, 2.75) is 13.8 Å². The zero-order valence-corrected chi connectivity index (χ0v) is 19.4. The normalized spacial score (nSPS) is 13.9. The Labute approximate surface area is 197 Å². The molecule has 0 spiro atoms. The van der Waals surface area contributed by atoms with Gasteiger partial charge in [-0.15, -0.1) is 0 Å². The first kappa shape index (κ1) is 21.7. The summed E-state index contributed by atoms with van der Waals surface area (Å²) in [6, 6.07) is 13.2. The molecular weight excluding hydrogens is 432 g/mol. The minimum Gasteiger partial charge on any atom is -0.493 e. The molecule has 174 valence electrons. The van der Waals surface area contributed by atoms with Crippen LogP contribution < -0.4 is 15.0 Å². The number of carbonyl (C=O) groups is 1. The Bertz CT molecular complexity index is 1340. The summed E-state index contributed by atoms with van der Waals surface area (Å²) in [4.78, 5) is 30.5. The molecule has 0 aliphatic carbocycles. The summed E-state index contributed by atoms with van der Waals surface area (Å²) in [5.74, 6) is 3.74. The largest absolute Gasteiger partial charge is 0.493 e. The maximum Gasteiger partial charge on any atom is 0.289 e. The number of rotatable bonds is 5. The summed E-state index contributed by atoms with van der Waals surface area (Å²) >= 11 is 0. The molecule has 1 aliphatic heterocycles. The number of ether oxygens (including phenoxy) is 1. The van der Waals surface area contributed by atoms with Crippen LogP contribution >= 0.6 is 0 Å². The fourth-order valence-corrected chi connectivity index (χ4v) is 4.11. The number of anilines is 3. The van der Waals surface area contributed by atoms with Gasteiger partial charge in [-0.1, -0.05) is 12.1 Å². The van der Waals surface area contributed by atoms with Gasteiger partial charge in [0.2, 0.25) is 0 Å². The molecule has 9 heteroatoms. The number of furan rings is 1. The molecule has 0 bridgehead atoms. The fraction of sp³-hybridized carbons (Fsp3) is 0.280. The molecule has 3 aromatic heterocycles. The molecule has 0 radical (unpaired) electrons. The molecule has 1 fully saturated rings. The molecular formula is C25H26N6O3. The van der Waals surface area contributed by atoms with E-state index >= 15 is 0 Å². The third kappa shape index (κ3) is 4.36. The number of piperazine rings is 1. The lowest BCUT2D eigenvalue weighted by Crippen LogP contribution is -2.49. The van der Waals surface area contributed by atoms with Crippen LogP contribution in [0.4, 0.5) is 17.5 Å². The smallest absolute Gasteiger partial charge is 0.289 e. The zero-order chi connectivity index (χ0) is 23.7. The molecule has 0 saturated carbocycles. The van der Waals surface area contributed by atoms with Crippen molar-refractivity contribution >= 4 is 34.3 Å². The molecule has 1 N–H and O–H groups in total. The first-order chi connectivity index (χ1) is 16.5. The van der Waals surface area contributed by atoms with Crippen LogP contribution in [0.25, 0.3) is 11.0 Å². The fourth-order valence-electron chi connectivity index (χ4n) is 4.11. The highest BCUT2D eigenvalue weighted by Gasteiger charge is 2.26. The van der Waals surface area contributed by atoms with E-state index in [1.165, 1.54) is 0 Å². The number of pyridine rings is 1. The van der Waals surface area contributed by atoms with Crippen molar-refractivity contribution < 1.29 is 13.9 Å². The van der Waals surface area contributed by atoms with Gasteiger partial charge >= 0.3 is 0 Å². The Hall–Kier alpha value is -4.14. The number of aromatic nitrogens is 3. The quantitative estimate of drug-likeness (QED) is 0.480. The summed E-state index contributed by atoms with van der Waals surface area (Å²) in [5, 5.41) is 4.11. The number of aryl methyl sites for hydroxylation is 2. The first-order valence-electron chi connectivity index (χ1n) is 11.2. The van der Waals surface area contributed by atoms with Crippen molar-refractivity contribution in [3.8, 4) is 5.75 Å². The molecule has 0 atom stereocenters.